The second-order valence-electron chi connectivity index (χ2n) is 5.04. The van der Waals surface area contributed by atoms with Crippen LogP contribution in [0, 0.1) is 0 Å². The maximum atomic E-state index is 12.8. The van der Waals surface area contributed by atoms with Crippen LogP contribution in [0.15, 0.2) is 54.6 Å². The molecule has 0 saturated carbocycles. The molecule has 0 aromatic heterocycles. The molecule has 6 heteroatoms. The van der Waals surface area contributed by atoms with Gasteiger partial charge in [0.1, 0.15) is 0 Å². The summed E-state index contributed by atoms with van der Waals surface area (Å²) < 4.78 is 25.5. The van der Waals surface area contributed by atoms with Crippen LogP contribution in [0.5, 0.6) is 0 Å². The largest absolute Gasteiger partial charge is 0.368 e. The van der Waals surface area contributed by atoms with Gasteiger partial charge in [-0.15, -0.1) is 0 Å². The molecule has 0 atom stereocenters. The standard InChI is InChI=1S/C17H16F2N2O2/c18-16(19)14-8-4-5-12(9-14)10-21(11-15(20)22)17(23)13-6-2-1-3-7-13/h1-9,16H,10-11H2,(H2,20,22). The number of amides is 2. The SMILES string of the molecule is NC(=O)CN(Cc1cccc(C(F)F)c1)C(=O)c1ccccc1. The Hall–Kier alpha value is -2.76. The zero-order valence-electron chi connectivity index (χ0n) is 12.3. The van der Waals surface area contributed by atoms with Gasteiger partial charge in [0, 0.05) is 17.7 Å². The van der Waals surface area contributed by atoms with Crippen LogP contribution in [0.3, 0.4) is 0 Å². The number of alkyl halides is 2. The molecule has 2 rings (SSSR count). The monoisotopic (exact) mass is 318 g/mol. The minimum Gasteiger partial charge on any atom is -0.368 e. The van der Waals surface area contributed by atoms with Crippen molar-refractivity contribution in [1.82, 2.24) is 4.90 Å². The first-order valence-corrected chi connectivity index (χ1v) is 6.97. The van der Waals surface area contributed by atoms with Crippen LogP contribution >= 0.6 is 0 Å². The van der Waals surface area contributed by atoms with Crippen LogP contribution in [0.1, 0.15) is 27.9 Å². The van der Waals surface area contributed by atoms with Crippen molar-refractivity contribution >= 4 is 11.8 Å². The van der Waals surface area contributed by atoms with Gasteiger partial charge in [-0.25, -0.2) is 8.78 Å². The molecule has 0 radical (unpaired) electrons. The third-order valence-electron chi connectivity index (χ3n) is 3.23. The molecule has 2 amide bonds. The lowest BCUT2D eigenvalue weighted by Gasteiger charge is -2.21. The fourth-order valence-corrected chi connectivity index (χ4v) is 2.20. The van der Waals surface area contributed by atoms with E-state index in [1.807, 2.05) is 0 Å². The normalized spacial score (nSPS) is 10.6. The molecule has 0 spiro atoms. The van der Waals surface area contributed by atoms with Crippen molar-refractivity contribution in [2.45, 2.75) is 13.0 Å². The molecule has 2 N–H and O–H groups in total. The highest BCUT2D eigenvalue weighted by molar-refractivity contribution is 5.96. The number of carbonyl (C=O) groups is 2. The molecule has 4 nitrogen and oxygen atoms in total. The van der Waals surface area contributed by atoms with E-state index in [2.05, 4.69) is 0 Å². The van der Waals surface area contributed by atoms with Crippen LogP contribution in [0.4, 0.5) is 8.78 Å². The predicted molar refractivity (Wildman–Crippen MR) is 81.8 cm³/mol. The van der Waals surface area contributed by atoms with E-state index in [-0.39, 0.29) is 24.6 Å². The third-order valence-corrected chi connectivity index (χ3v) is 3.23. The summed E-state index contributed by atoms with van der Waals surface area (Å²) in [6.45, 7) is -0.260. The second-order valence-corrected chi connectivity index (χ2v) is 5.04. The average molecular weight is 318 g/mol. The van der Waals surface area contributed by atoms with Gasteiger partial charge in [-0.2, -0.15) is 0 Å². The summed E-state index contributed by atoms with van der Waals surface area (Å²) in [4.78, 5) is 24.9. The third kappa shape index (κ3) is 4.60. The van der Waals surface area contributed by atoms with E-state index in [9.17, 15) is 18.4 Å². The minimum absolute atomic E-state index is 0.0250. The van der Waals surface area contributed by atoms with Gasteiger partial charge in [0.05, 0.1) is 6.54 Å². The van der Waals surface area contributed by atoms with Gasteiger partial charge in [-0.3, -0.25) is 9.59 Å². The highest BCUT2D eigenvalue weighted by Gasteiger charge is 2.18. The van der Waals surface area contributed by atoms with Crippen LogP contribution in [0.2, 0.25) is 0 Å². The maximum Gasteiger partial charge on any atom is 0.263 e. The minimum atomic E-state index is -2.59. The van der Waals surface area contributed by atoms with Crippen LogP contribution in [0.25, 0.3) is 0 Å². The van der Waals surface area contributed by atoms with E-state index in [1.54, 1.807) is 36.4 Å². The fourth-order valence-electron chi connectivity index (χ4n) is 2.20. The molecule has 120 valence electrons. The van der Waals surface area contributed by atoms with E-state index >= 15 is 0 Å². The first-order chi connectivity index (χ1) is 11.0. The number of nitrogens with zero attached hydrogens (tertiary/aromatic N) is 1. The molecule has 0 saturated heterocycles. The molecule has 0 aliphatic heterocycles. The van der Waals surface area contributed by atoms with Gasteiger partial charge >= 0.3 is 0 Å². The smallest absolute Gasteiger partial charge is 0.263 e. The lowest BCUT2D eigenvalue weighted by Crippen LogP contribution is -2.38. The number of benzene rings is 2. The van der Waals surface area contributed by atoms with Gasteiger partial charge in [0.15, 0.2) is 0 Å². The Labute approximate surface area is 132 Å². The zero-order valence-corrected chi connectivity index (χ0v) is 12.3. The lowest BCUT2D eigenvalue weighted by atomic mass is 10.1. The summed E-state index contributed by atoms with van der Waals surface area (Å²) in [7, 11) is 0. The van der Waals surface area contributed by atoms with E-state index in [0.717, 1.165) is 0 Å². The van der Waals surface area contributed by atoms with E-state index in [1.165, 1.54) is 23.1 Å². The van der Waals surface area contributed by atoms with Crippen molar-refractivity contribution in [3.63, 3.8) is 0 Å². The molecular weight excluding hydrogens is 302 g/mol. The molecule has 0 unspecified atom stereocenters. The van der Waals surface area contributed by atoms with Gasteiger partial charge in [-0.05, 0) is 23.8 Å². The number of carbonyl (C=O) groups excluding carboxylic acids is 2. The van der Waals surface area contributed by atoms with E-state index in [0.29, 0.717) is 11.1 Å². The first kappa shape index (κ1) is 16.6. The highest BCUT2D eigenvalue weighted by atomic mass is 19.3. The maximum absolute atomic E-state index is 12.8. The molecular formula is C17H16F2N2O2. The Bertz CT molecular complexity index is 690. The van der Waals surface area contributed by atoms with Gasteiger partial charge in [0.2, 0.25) is 5.91 Å². The van der Waals surface area contributed by atoms with E-state index in [4.69, 9.17) is 5.73 Å². The Morgan fingerprint density at radius 1 is 1.04 bits per heavy atom. The molecule has 23 heavy (non-hydrogen) atoms. The van der Waals surface area contributed by atoms with Crippen molar-refractivity contribution in [3.05, 3.63) is 71.3 Å². The quantitative estimate of drug-likeness (QED) is 0.890. The molecule has 0 bridgehead atoms. The van der Waals surface area contributed by atoms with Crippen LogP contribution in [-0.4, -0.2) is 23.3 Å². The van der Waals surface area contributed by atoms with Crippen molar-refractivity contribution in [2.24, 2.45) is 5.73 Å². The topological polar surface area (TPSA) is 63.4 Å². The summed E-state index contributed by atoms with van der Waals surface area (Å²) in [6.07, 6.45) is -2.59. The Kier molecular flexibility index (Phi) is 5.41. The van der Waals surface area contributed by atoms with Gasteiger partial charge < -0.3 is 10.6 Å². The number of halogens is 2. The molecule has 0 fully saturated rings. The highest BCUT2D eigenvalue weighted by Crippen LogP contribution is 2.20. The van der Waals surface area contributed by atoms with Gasteiger partial charge in [0.25, 0.3) is 12.3 Å². The van der Waals surface area contributed by atoms with Crippen molar-refractivity contribution in [2.75, 3.05) is 6.54 Å². The summed E-state index contributed by atoms with van der Waals surface area (Å²) in [5, 5.41) is 0. The molecule has 2 aromatic carbocycles. The van der Waals surface area contributed by atoms with E-state index < -0.39 is 12.3 Å². The summed E-state index contributed by atoms with van der Waals surface area (Å²) in [5.41, 5.74) is 5.97. The summed E-state index contributed by atoms with van der Waals surface area (Å²) >= 11 is 0. The number of rotatable bonds is 6. The predicted octanol–water partition coefficient (Wildman–Crippen LogP) is 2.75. The molecule has 0 heterocycles. The molecule has 2 aromatic rings. The van der Waals surface area contributed by atoms with Crippen LogP contribution in [-0.2, 0) is 11.3 Å². The zero-order chi connectivity index (χ0) is 16.8. The molecule has 0 aliphatic carbocycles. The van der Waals surface area contributed by atoms with Gasteiger partial charge in [-0.1, -0.05) is 36.4 Å². The number of hydrogen-bond acceptors (Lipinski definition) is 2. The number of hydrogen-bond donors (Lipinski definition) is 1. The molecule has 0 aliphatic rings. The number of primary amides is 1. The number of nitrogens with two attached hydrogens (primary N) is 1. The second kappa shape index (κ2) is 7.49. The summed E-state index contributed by atoms with van der Waals surface area (Å²) in [6, 6.07) is 14.1. The first-order valence-electron chi connectivity index (χ1n) is 6.97. The Balaban J connectivity index is 2.24. The fraction of sp³-hybridized carbons (Fsp3) is 0.176. The van der Waals surface area contributed by atoms with Crippen molar-refractivity contribution in [3.8, 4) is 0 Å². The summed E-state index contributed by atoms with van der Waals surface area (Å²) in [5.74, 6) is -1.05. The van der Waals surface area contributed by atoms with Crippen molar-refractivity contribution < 1.29 is 18.4 Å². The van der Waals surface area contributed by atoms with Crippen LogP contribution < -0.4 is 5.73 Å². The Morgan fingerprint density at radius 3 is 2.35 bits per heavy atom. The van der Waals surface area contributed by atoms with Crippen molar-refractivity contribution in [1.29, 1.82) is 0 Å². The lowest BCUT2D eigenvalue weighted by molar-refractivity contribution is -0.118. The average Bonchev–Trinajstić information content (AvgIpc) is 2.54. The Morgan fingerprint density at radius 2 is 1.74 bits per heavy atom.